The molecule has 0 unspecified atom stereocenters. The topological polar surface area (TPSA) is 82.1 Å². The molecule has 1 fully saturated rings. The number of ketones is 1. The minimum absolute atomic E-state index is 0.157. The quantitative estimate of drug-likeness (QED) is 0.556. The Bertz CT molecular complexity index is 1270. The molecule has 168 valence electrons. The Kier molecular flexibility index (Phi) is 5.08. The van der Waals surface area contributed by atoms with Gasteiger partial charge < -0.3 is 19.3 Å². The zero-order valence-corrected chi connectivity index (χ0v) is 18.5. The van der Waals surface area contributed by atoms with Crippen LogP contribution >= 0.6 is 0 Å². The third kappa shape index (κ3) is 3.82. The second-order valence-electron chi connectivity index (χ2n) is 8.65. The number of methoxy groups -OCH3 is 1. The Morgan fingerprint density at radius 2 is 1.79 bits per heavy atom. The van der Waals surface area contributed by atoms with E-state index in [1.807, 2.05) is 49.4 Å². The van der Waals surface area contributed by atoms with Gasteiger partial charge in [0, 0.05) is 6.42 Å². The van der Waals surface area contributed by atoms with E-state index in [9.17, 15) is 14.7 Å². The molecular weight excluding hydrogens is 420 g/mol. The fraction of sp³-hybridized carbons (Fsp3) is 0.259. The first-order valence-corrected chi connectivity index (χ1v) is 10.9. The van der Waals surface area contributed by atoms with Crippen molar-refractivity contribution in [3.05, 3.63) is 76.9 Å². The van der Waals surface area contributed by atoms with Gasteiger partial charge in [-0.2, -0.15) is 0 Å². The van der Waals surface area contributed by atoms with Crippen LogP contribution < -0.4 is 14.2 Å². The maximum absolute atomic E-state index is 13.4. The number of fused-ring (bicyclic) bond motifs is 1. The number of ether oxygens (including phenoxy) is 3. The van der Waals surface area contributed by atoms with Crippen LogP contribution in [-0.4, -0.2) is 30.8 Å². The summed E-state index contributed by atoms with van der Waals surface area (Å²) >= 11 is 0. The van der Waals surface area contributed by atoms with Gasteiger partial charge in [-0.3, -0.25) is 4.79 Å². The Morgan fingerprint density at radius 3 is 2.52 bits per heavy atom. The Hall–Kier alpha value is -3.80. The predicted octanol–water partition coefficient (Wildman–Crippen LogP) is 4.94. The average Bonchev–Trinajstić information content (AvgIpc) is 3.50. The number of carboxylic acids is 1. The van der Waals surface area contributed by atoms with Gasteiger partial charge in [-0.1, -0.05) is 24.3 Å². The van der Waals surface area contributed by atoms with E-state index in [1.165, 1.54) is 13.2 Å². The highest BCUT2D eigenvalue weighted by atomic mass is 16.7. The molecule has 0 spiro atoms. The van der Waals surface area contributed by atoms with E-state index >= 15 is 0 Å². The first kappa shape index (κ1) is 21.1. The SMILES string of the molecule is COc1cc(C(=O)O)cc(-c2cc(CC(=O)C3(c4ccc5c(c4)OCO5)CC3)ccc2C)c1. The fourth-order valence-corrected chi connectivity index (χ4v) is 4.49. The lowest BCUT2D eigenvalue weighted by molar-refractivity contribution is -0.120. The smallest absolute Gasteiger partial charge is 0.335 e. The summed E-state index contributed by atoms with van der Waals surface area (Å²) in [5.41, 5.74) is 4.18. The van der Waals surface area contributed by atoms with Crippen LogP contribution in [0.15, 0.2) is 54.6 Å². The number of carbonyl (C=O) groups excluding carboxylic acids is 1. The lowest BCUT2D eigenvalue weighted by Gasteiger charge is -2.16. The zero-order chi connectivity index (χ0) is 23.2. The second-order valence-corrected chi connectivity index (χ2v) is 8.65. The highest BCUT2D eigenvalue weighted by Crippen LogP contribution is 2.51. The van der Waals surface area contributed by atoms with E-state index in [2.05, 4.69) is 0 Å². The van der Waals surface area contributed by atoms with Gasteiger partial charge in [-0.15, -0.1) is 0 Å². The van der Waals surface area contributed by atoms with Crippen LogP contribution in [0.25, 0.3) is 11.1 Å². The molecular formula is C27H24O6. The van der Waals surface area contributed by atoms with Crippen molar-refractivity contribution in [3.63, 3.8) is 0 Å². The van der Waals surface area contributed by atoms with Crippen LogP contribution in [0, 0.1) is 6.92 Å². The summed E-state index contributed by atoms with van der Waals surface area (Å²) in [7, 11) is 1.51. The minimum atomic E-state index is -1.02. The molecule has 1 aliphatic heterocycles. The van der Waals surface area contributed by atoms with E-state index in [-0.39, 0.29) is 18.1 Å². The van der Waals surface area contributed by atoms with Crippen LogP contribution in [0.4, 0.5) is 0 Å². The number of Topliss-reactive ketones (excluding diaryl/α,β-unsaturated/α-hetero) is 1. The predicted molar refractivity (Wildman–Crippen MR) is 122 cm³/mol. The van der Waals surface area contributed by atoms with Gasteiger partial charge in [0.2, 0.25) is 6.79 Å². The molecule has 2 aliphatic rings. The lowest BCUT2D eigenvalue weighted by atomic mass is 9.86. The Morgan fingerprint density at radius 1 is 1.00 bits per heavy atom. The van der Waals surface area contributed by atoms with Crippen molar-refractivity contribution >= 4 is 11.8 Å². The van der Waals surface area contributed by atoms with Gasteiger partial charge in [0.15, 0.2) is 11.5 Å². The Labute approximate surface area is 191 Å². The number of carbonyl (C=O) groups is 2. The number of rotatable bonds is 7. The van der Waals surface area contributed by atoms with Gasteiger partial charge in [0.1, 0.15) is 11.5 Å². The van der Waals surface area contributed by atoms with E-state index in [0.29, 0.717) is 23.7 Å². The number of hydrogen-bond acceptors (Lipinski definition) is 5. The molecule has 1 N–H and O–H groups in total. The molecule has 0 radical (unpaired) electrons. The number of aromatic carboxylic acids is 1. The molecule has 0 atom stereocenters. The van der Waals surface area contributed by atoms with Crippen molar-refractivity contribution in [2.75, 3.05) is 13.9 Å². The molecule has 33 heavy (non-hydrogen) atoms. The average molecular weight is 444 g/mol. The molecule has 0 amide bonds. The maximum Gasteiger partial charge on any atom is 0.335 e. The van der Waals surface area contributed by atoms with Crippen LogP contribution in [0.2, 0.25) is 0 Å². The molecule has 1 heterocycles. The first-order valence-electron chi connectivity index (χ1n) is 10.9. The summed E-state index contributed by atoms with van der Waals surface area (Å²) < 4.78 is 16.2. The number of carboxylic acid groups (broad SMARTS) is 1. The summed E-state index contributed by atoms with van der Waals surface area (Å²) in [4.78, 5) is 25.0. The molecule has 3 aromatic carbocycles. The highest BCUT2D eigenvalue weighted by molar-refractivity contribution is 5.95. The van der Waals surface area contributed by atoms with Crippen LogP contribution in [0.1, 0.15) is 39.9 Å². The van der Waals surface area contributed by atoms with Crippen molar-refractivity contribution in [3.8, 4) is 28.4 Å². The van der Waals surface area contributed by atoms with Crippen LogP contribution in [-0.2, 0) is 16.6 Å². The zero-order valence-electron chi connectivity index (χ0n) is 18.5. The maximum atomic E-state index is 13.4. The molecule has 0 saturated heterocycles. The summed E-state index contributed by atoms with van der Waals surface area (Å²) in [6.45, 7) is 2.18. The van der Waals surface area contributed by atoms with Gasteiger partial charge in [-0.25, -0.2) is 4.79 Å². The monoisotopic (exact) mass is 444 g/mol. The van der Waals surface area contributed by atoms with Gasteiger partial charge >= 0.3 is 5.97 Å². The minimum Gasteiger partial charge on any atom is -0.497 e. The largest absolute Gasteiger partial charge is 0.497 e. The summed E-state index contributed by atoms with van der Waals surface area (Å²) in [6.07, 6.45) is 1.95. The van der Waals surface area contributed by atoms with Gasteiger partial charge in [0.25, 0.3) is 0 Å². The van der Waals surface area contributed by atoms with E-state index in [0.717, 1.165) is 40.7 Å². The molecule has 5 rings (SSSR count). The number of hydrogen-bond donors (Lipinski definition) is 1. The standard InChI is InChI=1S/C27H24O6/c1-16-3-4-17(9-22(16)18-11-19(26(29)30)13-21(12-18)31-2)10-25(28)27(7-8-27)20-5-6-23-24(14-20)33-15-32-23/h3-6,9,11-14H,7-8,10,15H2,1-2H3,(H,29,30). The molecule has 3 aromatic rings. The molecule has 1 aliphatic carbocycles. The fourth-order valence-electron chi connectivity index (χ4n) is 4.49. The first-order chi connectivity index (χ1) is 15.9. The third-order valence-corrected chi connectivity index (χ3v) is 6.58. The summed E-state index contributed by atoms with van der Waals surface area (Å²) in [5, 5.41) is 9.47. The van der Waals surface area contributed by atoms with E-state index < -0.39 is 11.4 Å². The molecule has 0 aromatic heterocycles. The third-order valence-electron chi connectivity index (χ3n) is 6.58. The second kappa shape index (κ2) is 7.96. The van der Waals surface area contributed by atoms with Gasteiger partial charge in [0.05, 0.1) is 18.1 Å². The highest BCUT2D eigenvalue weighted by Gasteiger charge is 2.50. The lowest BCUT2D eigenvalue weighted by Crippen LogP contribution is -2.22. The molecule has 1 saturated carbocycles. The molecule has 6 heteroatoms. The van der Waals surface area contributed by atoms with E-state index in [1.54, 1.807) is 6.07 Å². The molecule has 6 nitrogen and oxygen atoms in total. The van der Waals surface area contributed by atoms with Crippen LogP contribution in [0.3, 0.4) is 0 Å². The van der Waals surface area contributed by atoms with Crippen LogP contribution in [0.5, 0.6) is 17.2 Å². The number of aryl methyl sites for hydroxylation is 1. The summed E-state index contributed by atoms with van der Waals surface area (Å²) in [6, 6.07) is 16.6. The normalized spacial score (nSPS) is 15.2. The summed E-state index contributed by atoms with van der Waals surface area (Å²) in [5.74, 6) is 1.04. The van der Waals surface area contributed by atoms with Crippen molar-refractivity contribution < 1.29 is 28.9 Å². The van der Waals surface area contributed by atoms with Crippen molar-refractivity contribution in [2.24, 2.45) is 0 Å². The van der Waals surface area contributed by atoms with E-state index in [4.69, 9.17) is 14.2 Å². The Balaban J connectivity index is 1.44. The number of benzene rings is 3. The van der Waals surface area contributed by atoms with Crippen molar-refractivity contribution in [2.45, 2.75) is 31.6 Å². The van der Waals surface area contributed by atoms with Crippen molar-refractivity contribution in [1.29, 1.82) is 0 Å². The van der Waals surface area contributed by atoms with Gasteiger partial charge in [-0.05, 0) is 77.9 Å². The van der Waals surface area contributed by atoms with Crippen molar-refractivity contribution in [1.82, 2.24) is 0 Å². The molecule has 0 bridgehead atoms.